The Morgan fingerprint density at radius 3 is 1.24 bits per heavy atom. The molecular formula is C59H113NO8. The van der Waals surface area contributed by atoms with Gasteiger partial charge in [0.15, 0.2) is 6.29 Å². The summed E-state index contributed by atoms with van der Waals surface area (Å²) in [6.45, 7) is 3.81. The number of amides is 1. The van der Waals surface area contributed by atoms with Crippen molar-refractivity contribution in [2.75, 3.05) is 13.2 Å². The quantitative estimate of drug-likeness (QED) is 0.0261. The molecule has 1 heterocycles. The van der Waals surface area contributed by atoms with Crippen molar-refractivity contribution in [3.05, 3.63) is 24.3 Å². The lowest BCUT2D eigenvalue weighted by molar-refractivity contribution is -0.302. The van der Waals surface area contributed by atoms with Crippen LogP contribution in [-0.4, -0.2) is 87.5 Å². The molecule has 1 amide bonds. The molecule has 0 spiro atoms. The van der Waals surface area contributed by atoms with Gasteiger partial charge in [0.2, 0.25) is 5.91 Å². The smallest absolute Gasteiger partial charge is 0.220 e. The maximum Gasteiger partial charge on any atom is 0.220 e. The number of hydrogen-bond acceptors (Lipinski definition) is 8. The summed E-state index contributed by atoms with van der Waals surface area (Å²) in [5.74, 6) is -0.180. The van der Waals surface area contributed by atoms with E-state index in [2.05, 4.69) is 31.3 Å². The molecule has 0 aliphatic carbocycles. The highest BCUT2D eigenvalue weighted by molar-refractivity contribution is 5.76. The van der Waals surface area contributed by atoms with Gasteiger partial charge in [-0.1, -0.05) is 276 Å². The third-order valence-electron chi connectivity index (χ3n) is 14.3. The van der Waals surface area contributed by atoms with E-state index in [9.17, 15) is 30.3 Å². The number of aliphatic hydroxyl groups is 5. The van der Waals surface area contributed by atoms with Gasteiger partial charge < -0.3 is 40.3 Å². The van der Waals surface area contributed by atoms with Gasteiger partial charge in [-0.25, -0.2) is 0 Å². The number of carbonyl (C=O) groups excluding carboxylic acids is 1. The second kappa shape index (κ2) is 49.3. The maximum atomic E-state index is 13.1. The predicted molar refractivity (Wildman–Crippen MR) is 286 cm³/mol. The zero-order valence-electron chi connectivity index (χ0n) is 44.6. The first-order valence-corrected chi connectivity index (χ1v) is 29.6. The zero-order chi connectivity index (χ0) is 49.4. The van der Waals surface area contributed by atoms with Crippen molar-refractivity contribution >= 4 is 5.91 Å². The van der Waals surface area contributed by atoms with E-state index in [4.69, 9.17) is 9.47 Å². The molecule has 0 bridgehead atoms. The molecule has 7 atom stereocenters. The summed E-state index contributed by atoms with van der Waals surface area (Å²) in [7, 11) is 0. The molecule has 0 radical (unpaired) electrons. The van der Waals surface area contributed by atoms with Gasteiger partial charge >= 0.3 is 0 Å². The van der Waals surface area contributed by atoms with Crippen LogP contribution in [0.2, 0.25) is 0 Å². The number of allylic oxidation sites excluding steroid dienone is 3. The Morgan fingerprint density at radius 1 is 0.485 bits per heavy atom. The van der Waals surface area contributed by atoms with Gasteiger partial charge in [0.25, 0.3) is 0 Å². The molecule has 1 fully saturated rings. The Morgan fingerprint density at radius 2 is 0.838 bits per heavy atom. The lowest BCUT2D eigenvalue weighted by Crippen LogP contribution is -2.60. The van der Waals surface area contributed by atoms with E-state index >= 15 is 0 Å². The maximum absolute atomic E-state index is 13.1. The molecule has 1 aliphatic rings. The Kier molecular flexibility index (Phi) is 46.9. The normalized spacial score (nSPS) is 19.7. The molecule has 9 heteroatoms. The topological polar surface area (TPSA) is 149 Å². The first-order chi connectivity index (χ1) is 33.3. The molecule has 6 N–H and O–H groups in total. The molecule has 1 saturated heterocycles. The van der Waals surface area contributed by atoms with Crippen LogP contribution in [0.1, 0.15) is 290 Å². The standard InChI is InChI=1S/C59H113NO8/c1-3-5-7-9-11-13-15-17-19-21-23-25-27-28-30-32-34-36-38-40-42-44-46-48-53(62)52(51-67-59-58(66)57(65)56(64)54(50-61)68-59)60-55(63)49-47-45-43-41-39-37-35-33-31-29-26-24-22-20-18-16-14-12-10-8-6-4-2/h38,40,46,48,52-54,56-59,61-62,64-66H,3-37,39,41-45,47,49-51H2,1-2H3,(H,60,63)/b40-38+,48-46+. The summed E-state index contributed by atoms with van der Waals surface area (Å²) in [6, 6.07) is -0.818. The predicted octanol–water partition coefficient (Wildman–Crippen LogP) is 14.6. The van der Waals surface area contributed by atoms with Crippen LogP contribution in [0.4, 0.5) is 0 Å². The van der Waals surface area contributed by atoms with Crippen molar-refractivity contribution in [3.8, 4) is 0 Å². The highest BCUT2D eigenvalue weighted by Crippen LogP contribution is 2.23. The first kappa shape index (κ1) is 64.7. The fraction of sp³-hybridized carbons (Fsp3) is 0.915. The summed E-state index contributed by atoms with van der Waals surface area (Å²) in [5.41, 5.74) is 0. The van der Waals surface area contributed by atoms with Gasteiger partial charge in [0.1, 0.15) is 24.4 Å². The summed E-state index contributed by atoms with van der Waals surface area (Å²) in [6.07, 6.45) is 55.4. The molecule has 402 valence electrons. The number of rotatable bonds is 51. The van der Waals surface area contributed by atoms with E-state index in [1.54, 1.807) is 6.08 Å². The number of nitrogens with one attached hydrogen (secondary N) is 1. The molecule has 7 unspecified atom stereocenters. The largest absolute Gasteiger partial charge is 0.394 e. The molecular weight excluding hydrogens is 851 g/mol. The molecule has 0 saturated carbocycles. The van der Waals surface area contributed by atoms with Crippen LogP contribution < -0.4 is 5.32 Å². The summed E-state index contributed by atoms with van der Waals surface area (Å²) in [4.78, 5) is 13.1. The van der Waals surface area contributed by atoms with E-state index < -0.39 is 49.5 Å². The SMILES string of the molecule is CCCCCCCCCCCCCCCCCCC/C=C/CC/C=C/C(O)C(COC1OC(CO)C(O)C(O)C1O)NC(=O)CCCCCCCCCCCCCCCCCCCCCCCC. The Hall–Kier alpha value is -1.33. The van der Waals surface area contributed by atoms with Gasteiger partial charge in [0.05, 0.1) is 25.4 Å². The van der Waals surface area contributed by atoms with Gasteiger partial charge in [-0.2, -0.15) is 0 Å². The van der Waals surface area contributed by atoms with E-state index in [1.807, 2.05) is 6.08 Å². The van der Waals surface area contributed by atoms with Crippen molar-refractivity contribution in [2.24, 2.45) is 0 Å². The highest BCUT2D eigenvalue weighted by Gasteiger charge is 2.44. The Labute approximate surface area is 419 Å². The highest BCUT2D eigenvalue weighted by atomic mass is 16.7. The van der Waals surface area contributed by atoms with Crippen molar-refractivity contribution in [3.63, 3.8) is 0 Å². The summed E-state index contributed by atoms with van der Waals surface area (Å²) in [5, 5.41) is 54.5. The molecule has 1 rings (SSSR count). The fourth-order valence-electron chi connectivity index (χ4n) is 9.59. The monoisotopic (exact) mass is 964 g/mol. The fourth-order valence-corrected chi connectivity index (χ4v) is 9.59. The Bertz CT molecular complexity index is 1120. The van der Waals surface area contributed by atoms with Crippen molar-refractivity contribution in [1.29, 1.82) is 0 Å². The average molecular weight is 965 g/mol. The van der Waals surface area contributed by atoms with Crippen molar-refractivity contribution < 1.29 is 39.8 Å². The van der Waals surface area contributed by atoms with E-state index in [1.165, 1.54) is 231 Å². The van der Waals surface area contributed by atoms with Crippen LogP contribution in [0, 0.1) is 0 Å². The minimum Gasteiger partial charge on any atom is -0.394 e. The van der Waals surface area contributed by atoms with Crippen LogP contribution in [0.5, 0.6) is 0 Å². The second-order valence-electron chi connectivity index (χ2n) is 20.8. The molecule has 9 nitrogen and oxygen atoms in total. The van der Waals surface area contributed by atoms with Crippen LogP contribution >= 0.6 is 0 Å². The number of hydrogen-bond donors (Lipinski definition) is 6. The first-order valence-electron chi connectivity index (χ1n) is 29.6. The average Bonchev–Trinajstić information content (AvgIpc) is 3.34. The molecule has 0 aromatic heterocycles. The molecule has 1 aliphatic heterocycles. The third-order valence-corrected chi connectivity index (χ3v) is 14.3. The summed E-state index contributed by atoms with van der Waals surface area (Å²) >= 11 is 0. The lowest BCUT2D eigenvalue weighted by atomic mass is 9.99. The van der Waals surface area contributed by atoms with Crippen LogP contribution in [-0.2, 0) is 14.3 Å². The number of aliphatic hydroxyl groups excluding tert-OH is 5. The molecule has 0 aromatic rings. The van der Waals surface area contributed by atoms with Crippen LogP contribution in [0.3, 0.4) is 0 Å². The van der Waals surface area contributed by atoms with Gasteiger partial charge in [-0.05, 0) is 32.1 Å². The number of unbranched alkanes of at least 4 members (excludes halogenated alkanes) is 39. The van der Waals surface area contributed by atoms with Crippen molar-refractivity contribution in [2.45, 2.75) is 333 Å². The third kappa shape index (κ3) is 38.4. The number of carbonyl (C=O) groups is 1. The lowest BCUT2D eigenvalue weighted by Gasteiger charge is -2.40. The minimum atomic E-state index is -1.57. The van der Waals surface area contributed by atoms with Crippen molar-refractivity contribution in [1.82, 2.24) is 5.32 Å². The number of ether oxygens (including phenoxy) is 2. The van der Waals surface area contributed by atoms with Gasteiger partial charge in [0, 0.05) is 6.42 Å². The second-order valence-corrected chi connectivity index (χ2v) is 20.8. The summed E-state index contributed by atoms with van der Waals surface area (Å²) < 4.78 is 11.3. The van der Waals surface area contributed by atoms with E-state index in [0.29, 0.717) is 6.42 Å². The van der Waals surface area contributed by atoms with E-state index in [-0.39, 0.29) is 12.5 Å². The van der Waals surface area contributed by atoms with Crippen LogP contribution in [0.25, 0.3) is 0 Å². The van der Waals surface area contributed by atoms with Crippen LogP contribution in [0.15, 0.2) is 24.3 Å². The molecule has 0 aromatic carbocycles. The van der Waals surface area contributed by atoms with Gasteiger partial charge in [-0.3, -0.25) is 4.79 Å². The minimum absolute atomic E-state index is 0.180. The van der Waals surface area contributed by atoms with E-state index in [0.717, 1.165) is 38.5 Å². The Balaban J connectivity index is 2.23. The zero-order valence-corrected chi connectivity index (χ0v) is 44.6. The van der Waals surface area contributed by atoms with Gasteiger partial charge in [-0.15, -0.1) is 0 Å². The molecule has 68 heavy (non-hydrogen) atoms.